The van der Waals surface area contributed by atoms with Gasteiger partial charge in [-0.05, 0) is 37.3 Å². The highest BCUT2D eigenvalue weighted by Gasteiger charge is 2.14. The number of phenolic OH excluding ortho intramolecular Hbond substituents is 1. The van der Waals surface area contributed by atoms with Crippen LogP contribution in [0.5, 0.6) is 5.75 Å². The zero-order valence-corrected chi connectivity index (χ0v) is 12.7. The molecule has 1 N–H and O–H groups in total. The van der Waals surface area contributed by atoms with E-state index in [1.54, 1.807) is 6.07 Å². The third-order valence-corrected chi connectivity index (χ3v) is 4.17. The fourth-order valence-electron chi connectivity index (χ4n) is 2.87. The molecule has 0 saturated heterocycles. The van der Waals surface area contributed by atoms with Crippen LogP contribution in [-0.4, -0.2) is 14.9 Å². The first kappa shape index (κ1) is 13.2. The van der Waals surface area contributed by atoms with Crippen LogP contribution in [0.1, 0.15) is 5.69 Å². The topological polar surface area (TPSA) is 38.0 Å². The van der Waals surface area contributed by atoms with E-state index in [9.17, 15) is 5.11 Å². The number of hydrogen-bond donors (Lipinski definition) is 1. The third kappa shape index (κ3) is 1.86. The van der Waals surface area contributed by atoms with Crippen LogP contribution in [0.25, 0.3) is 27.4 Å². The van der Waals surface area contributed by atoms with Crippen molar-refractivity contribution in [1.82, 2.24) is 9.78 Å². The normalized spacial score (nSPS) is 11.4. The molecule has 0 atom stereocenters. The van der Waals surface area contributed by atoms with Gasteiger partial charge in [0.1, 0.15) is 5.75 Å². The number of halogens is 1. The molecule has 3 nitrogen and oxygen atoms in total. The second-order valence-electron chi connectivity index (χ2n) is 5.31. The molecule has 0 aliphatic heterocycles. The van der Waals surface area contributed by atoms with Crippen molar-refractivity contribution in [2.75, 3.05) is 0 Å². The molecule has 4 heteroatoms. The predicted octanol–water partition coefficient (Wildman–Crippen LogP) is 4.85. The van der Waals surface area contributed by atoms with Crippen molar-refractivity contribution in [2.24, 2.45) is 0 Å². The van der Waals surface area contributed by atoms with Crippen molar-refractivity contribution in [3.05, 3.63) is 65.3 Å². The van der Waals surface area contributed by atoms with Crippen LogP contribution in [0.3, 0.4) is 0 Å². The van der Waals surface area contributed by atoms with Crippen molar-refractivity contribution in [2.45, 2.75) is 6.92 Å². The van der Waals surface area contributed by atoms with Gasteiger partial charge in [0.15, 0.2) is 0 Å². The molecule has 0 spiro atoms. The number of benzene rings is 3. The Labute approximate surface area is 132 Å². The summed E-state index contributed by atoms with van der Waals surface area (Å²) in [5, 5.41) is 18.3. The van der Waals surface area contributed by atoms with Crippen LogP contribution in [0.15, 0.2) is 54.6 Å². The predicted molar refractivity (Wildman–Crippen MR) is 90.0 cm³/mol. The lowest BCUT2D eigenvalue weighted by Gasteiger charge is -2.07. The number of fused-ring (bicyclic) bond motifs is 3. The zero-order valence-electron chi connectivity index (χ0n) is 11.9. The molecule has 0 unspecified atom stereocenters. The largest absolute Gasteiger partial charge is 0.507 e. The first-order valence-corrected chi connectivity index (χ1v) is 7.39. The summed E-state index contributed by atoms with van der Waals surface area (Å²) in [6.07, 6.45) is 0. The number of aromatic nitrogens is 2. The lowest BCUT2D eigenvalue weighted by molar-refractivity contribution is 0.482. The Morgan fingerprint density at radius 3 is 2.36 bits per heavy atom. The molecule has 0 aliphatic carbocycles. The average molecular weight is 309 g/mol. The number of rotatable bonds is 1. The van der Waals surface area contributed by atoms with E-state index in [0.717, 1.165) is 33.1 Å². The van der Waals surface area contributed by atoms with Gasteiger partial charge in [-0.3, -0.25) is 0 Å². The Morgan fingerprint density at radius 2 is 1.64 bits per heavy atom. The molecule has 0 aliphatic rings. The van der Waals surface area contributed by atoms with E-state index in [-0.39, 0.29) is 5.75 Å². The highest BCUT2D eigenvalue weighted by Crippen LogP contribution is 2.35. The van der Waals surface area contributed by atoms with Crippen LogP contribution >= 0.6 is 11.6 Å². The monoisotopic (exact) mass is 308 g/mol. The van der Waals surface area contributed by atoms with Crippen LogP contribution in [0, 0.1) is 6.92 Å². The van der Waals surface area contributed by atoms with Gasteiger partial charge in [-0.15, -0.1) is 0 Å². The molecule has 0 radical (unpaired) electrons. The van der Waals surface area contributed by atoms with Crippen LogP contribution in [-0.2, 0) is 0 Å². The maximum Gasteiger partial charge on any atom is 0.124 e. The van der Waals surface area contributed by atoms with Gasteiger partial charge in [0.05, 0.1) is 16.9 Å². The van der Waals surface area contributed by atoms with Gasteiger partial charge in [-0.2, -0.15) is 5.10 Å². The van der Waals surface area contributed by atoms with E-state index >= 15 is 0 Å². The number of hydrogen-bond acceptors (Lipinski definition) is 2. The zero-order chi connectivity index (χ0) is 15.3. The summed E-state index contributed by atoms with van der Waals surface area (Å²) in [6.45, 7) is 1.95. The number of phenols is 1. The van der Waals surface area contributed by atoms with Gasteiger partial charge in [0.2, 0.25) is 0 Å². The van der Waals surface area contributed by atoms with Crippen molar-refractivity contribution >= 4 is 33.3 Å². The number of nitrogens with zero attached hydrogens (tertiary/aromatic N) is 2. The summed E-state index contributed by atoms with van der Waals surface area (Å²) in [5.74, 6) is 0.279. The van der Waals surface area contributed by atoms with Crippen molar-refractivity contribution in [1.29, 1.82) is 0 Å². The van der Waals surface area contributed by atoms with Crippen LogP contribution in [0.4, 0.5) is 0 Å². The molecule has 0 bridgehead atoms. The highest BCUT2D eigenvalue weighted by atomic mass is 35.5. The molecule has 22 heavy (non-hydrogen) atoms. The maximum atomic E-state index is 10.3. The molecular weight excluding hydrogens is 296 g/mol. The van der Waals surface area contributed by atoms with Crippen molar-refractivity contribution in [3.63, 3.8) is 0 Å². The van der Waals surface area contributed by atoms with E-state index in [0.29, 0.717) is 5.02 Å². The summed E-state index contributed by atoms with van der Waals surface area (Å²) in [4.78, 5) is 0. The second-order valence-corrected chi connectivity index (χ2v) is 5.75. The first-order valence-electron chi connectivity index (χ1n) is 7.01. The molecular formula is C18H13ClN2O. The van der Waals surface area contributed by atoms with E-state index < -0.39 is 0 Å². The quantitative estimate of drug-likeness (QED) is 0.546. The Kier molecular flexibility index (Phi) is 2.84. The van der Waals surface area contributed by atoms with Crippen molar-refractivity contribution in [3.8, 4) is 11.4 Å². The molecule has 108 valence electrons. The SMILES string of the molecule is Cc1nn(-c2ccc(Cl)cc2)c2c1cc(O)c1ccccc12. The smallest absolute Gasteiger partial charge is 0.124 e. The molecule has 4 aromatic rings. The Hall–Kier alpha value is -2.52. The lowest BCUT2D eigenvalue weighted by atomic mass is 10.1. The van der Waals surface area contributed by atoms with Gasteiger partial charge in [-0.1, -0.05) is 35.9 Å². The fourth-order valence-corrected chi connectivity index (χ4v) is 2.99. The summed E-state index contributed by atoms with van der Waals surface area (Å²) in [7, 11) is 0. The van der Waals surface area contributed by atoms with E-state index in [1.807, 2.05) is 60.1 Å². The molecule has 0 saturated carbocycles. The summed E-state index contributed by atoms with van der Waals surface area (Å²) in [6, 6.07) is 17.2. The minimum Gasteiger partial charge on any atom is -0.507 e. The molecule has 1 aromatic heterocycles. The van der Waals surface area contributed by atoms with Gasteiger partial charge in [0.25, 0.3) is 0 Å². The van der Waals surface area contributed by atoms with Crippen LogP contribution in [0.2, 0.25) is 5.02 Å². The standard InChI is InChI=1S/C18H13ClN2O/c1-11-16-10-17(22)14-4-2-3-5-15(14)18(16)21(20-11)13-8-6-12(19)7-9-13/h2-10,22H,1H3. The number of aromatic hydroxyl groups is 1. The minimum atomic E-state index is 0.279. The molecule has 1 heterocycles. The van der Waals surface area contributed by atoms with E-state index in [2.05, 4.69) is 5.10 Å². The molecule has 0 fully saturated rings. The Morgan fingerprint density at radius 1 is 0.955 bits per heavy atom. The van der Waals surface area contributed by atoms with Gasteiger partial charge in [0, 0.05) is 21.2 Å². The highest BCUT2D eigenvalue weighted by molar-refractivity contribution is 6.30. The van der Waals surface area contributed by atoms with Gasteiger partial charge < -0.3 is 5.11 Å². The maximum absolute atomic E-state index is 10.3. The van der Waals surface area contributed by atoms with E-state index in [4.69, 9.17) is 11.6 Å². The summed E-state index contributed by atoms with van der Waals surface area (Å²) >= 11 is 5.98. The Balaban J connectivity index is 2.16. The fraction of sp³-hybridized carbons (Fsp3) is 0.0556. The first-order chi connectivity index (χ1) is 10.6. The summed E-state index contributed by atoms with van der Waals surface area (Å²) in [5.41, 5.74) is 2.82. The minimum absolute atomic E-state index is 0.279. The molecule has 0 amide bonds. The van der Waals surface area contributed by atoms with Crippen molar-refractivity contribution < 1.29 is 5.11 Å². The number of aryl methyl sites for hydroxylation is 1. The van der Waals surface area contributed by atoms with Crippen LogP contribution < -0.4 is 0 Å². The average Bonchev–Trinajstić information content (AvgIpc) is 2.86. The molecule has 4 rings (SSSR count). The Bertz CT molecular complexity index is 1000. The van der Waals surface area contributed by atoms with Gasteiger partial charge in [-0.25, -0.2) is 4.68 Å². The lowest BCUT2D eigenvalue weighted by Crippen LogP contribution is -1.96. The third-order valence-electron chi connectivity index (χ3n) is 3.92. The summed E-state index contributed by atoms with van der Waals surface area (Å²) < 4.78 is 1.91. The van der Waals surface area contributed by atoms with Gasteiger partial charge >= 0.3 is 0 Å². The second kappa shape index (κ2) is 4.75. The van der Waals surface area contributed by atoms with E-state index in [1.165, 1.54) is 0 Å². The molecule has 3 aromatic carbocycles.